The van der Waals surface area contributed by atoms with Crippen molar-refractivity contribution in [3.05, 3.63) is 66.5 Å². The van der Waals surface area contributed by atoms with Crippen LogP contribution >= 0.6 is 0 Å². The summed E-state index contributed by atoms with van der Waals surface area (Å²) in [5.41, 5.74) is 4.61. The minimum absolute atomic E-state index is 0.207. The normalized spacial score (nSPS) is 12.5. The minimum Gasteiger partial charge on any atom is -0.271 e. The second-order valence-electron chi connectivity index (χ2n) is 4.17. The van der Waals surface area contributed by atoms with Crippen LogP contribution in [0.25, 0.3) is 10.8 Å². The summed E-state index contributed by atoms with van der Waals surface area (Å²) in [5.74, 6) is 5.69. The van der Waals surface area contributed by atoms with E-state index in [9.17, 15) is 0 Å². The molecule has 0 saturated heterocycles. The Labute approximate surface area is 110 Å². The van der Waals surface area contributed by atoms with Gasteiger partial charge in [0.2, 0.25) is 0 Å². The van der Waals surface area contributed by atoms with Crippen LogP contribution in [-0.4, -0.2) is 15.0 Å². The molecule has 94 valence electrons. The number of hydrogen-bond donors (Lipinski definition) is 2. The van der Waals surface area contributed by atoms with Crippen molar-refractivity contribution in [2.75, 3.05) is 0 Å². The smallest absolute Gasteiger partial charge is 0.0903 e. The van der Waals surface area contributed by atoms with E-state index in [2.05, 4.69) is 20.4 Å². The lowest BCUT2D eigenvalue weighted by Gasteiger charge is -2.17. The standard InChI is InChI=1S/C14H13N5/c15-19-14(13-9-17-6-7-18-13)11-3-1-2-10-4-5-16-8-12(10)11/h1-9,14,19H,15H2. The molecule has 0 spiro atoms. The van der Waals surface area contributed by atoms with Gasteiger partial charge in [-0.3, -0.25) is 20.8 Å². The summed E-state index contributed by atoms with van der Waals surface area (Å²) in [6, 6.07) is 7.83. The van der Waals surface area contributed by atoms with Crippen LogP contribution in [0.2, 0.25) is 0 Å². The van der Waals surface area contributed by atoms with Crippen molar-refractivity contribution >= 4 is 10.8 Å². The topological polar surface area (TPSA) is 76.7 Å². The van der Waals surface area contributed by atoms with E-state index in [1.165, 1.54) is 0 Å². The Hall–Kier alpha value is -2.37. The van der Waals surface area contributed by atoms with Gasteiger partial charge < -0.3 is 0 Å². The fourth-order valence-corrected chi connectivity index (χ4v) is 2.18. The predicted molar refractivity (Wildman–Crippen MR) is 72.9 cm³/mol. The second-order valence-corrected chi connectivity index (χ2v) is 4.17. The third kappa shape index (κ3) is 2.16. The Morgan fingerprint density at radius 2 is 1.89 bits per heavy atom. The molecule has 1 unspecified atom stereocenters. The van der Waals surface area contributed by atoms with Gasteiger partial charge in [0.1, 0.15) is 0 Å². The second kappa shape index (κ2) is 5.09. The molecule has 0 fully saturated rings. The highest BCUT2D eigenvalue weighted by molar-refractivity contribution is 5.85. The van der Waals surface area contributed by atoms with Crippen LogP contribution < -0.4 is 11.3 Å². The third-order valence-electron chi connectivity index (χ3n) is 3.07. The molecule has 0 aliphatic heterocycles. The van der Waals surface area contributed by atoms with Crippen molar-refractivity contribution in [2.24, 2.45) is 5.84 Å². The van der Waals surface area contributed by atoms with Crippen LogP contribution in [0.1, 0.15) is 17.3 Å². The average Bonchev–Trinajstić information content (AvgIpc) is 2.49. The van der Waals surface area contributed by atoms with E-state index in [0.29, 0.717) is 0 Å². The number of nitrogens with one attached hydrogen (secondary N) is 1. The Bertz CT molecular complexity index is 678. The van der Waals surface area contributed by atoms with Gasteiger partial charge >= 0.3 is 0 Å². The van der Waals surface area contributed by atoms with Gasteiger partial charge in [0, 0.05) is 30.2 Å². The van der Waals surface area contributed by atoms with Crippen molar-refractivity contribution in [2.45, 2.75) is 6.04 Å². The molecular formula is C14H13N5. The Morgan fingerprint density at radius 1 is 1.00 bits per heavy atom. The molecule has 3 aromatic rings. The van der Waals surface area contributed by atoms with Crippen molar-refractivity contribution in [1.82, 2.24) is 20.4 Å². The number of pyridine rings is 1. The molecule has 1 atom stereocenters. The maximum absolute atomic E-state index is 5.69. The molecule has 5 heteroatoms. The number of fused-ring (bicyclic) bond motifs is 1. The van der Waals surface area contributed by atoms with Gasteiger partial charge in [-0.1, -0.05) is 18.2 Å². The van der Waals surface area contributed by atoms with Crippen molar-refractivity contribution in [3.63, 3.8) is 0 Å². The van der Waals surface area contributed by atoms with E-state index in [-0.39, 0.29) is 6.04 Å². The predicted octanol–water partition coefficient (Wildman–Crippen LogP) is 1.58. The number of rotatable bonds is 3. The number of nitrogens with two attached hydrogens (primary N) is 1. The highest BCUT2D eigenvalue weighted by Crippen LogP contribution is 2.26. The first kappa shape index (κ1) is 11.7. The van der Waals surface area contributed by atoms with Gasteiger partial charge in [-0.2, -0.15) is 0 Å². The van der Waals surface area contributed by atoms with E-state index < -0.39 is 0 Å². The monoisotopic (exact) mass is 251 g/mol. The molecule has 0 saturated carbocycles. The molecule has 2 aromatic heterocycles. The Kier molecular flexibility index (Phi) is 3.14. The van der Waals surface area contributed by atoms with Gasteiger partial charge in [-0.25, -0.2) is 5.43 Å². The molecule has 3 rings (SSSR count). The summed E-state index contributed by atoms with van der Waals surface area (Å²) in [6.07, 6.45) is 8.62. The van der Waals surface area contributed by atoms with Gasteiger partial charge in [0.15, 0.2) is 0 Å². The number of hydrazine groups is 1. The number of aromatic nitrogens is 3. The van der Waals surface area contributed by atoms with Gasteiger partial charge in [-0.05, 0) is 17.0 Å². The van der Waals surface area contributed by atoms with Crippen LogP contribution in [0.3, 0.4) is 0 Å². The zero-order valence-corrected chi connectivity index (χ0v) is 10.2. The molecule has 2 heterocycles. The van der Waals surface area contributed by atoms with Gasteiger partial charge in [0.05, 0.1) is 17.9 Å². The fraction of sp³-hybridized carbons (Fsp3) is 0.0714. The lowest BCUT2D eigenvalue weighted by Crippen LogP contribution is -2.29. The van der Waals surface area contributed by atoms with Crippen molar-refractivity contribution < 1.29 is 0 Å². The van der Waals surface area contributed by atoms with Crippen LogP contribution in [0, 0.1) is 0 Å². The van der Waals surface area contributed by atoms with E-state index in [1.54, 1.807) is 24.8 Å². The fourth-order valence-electron chi connectivity index (χ4n) is 2.18. The highest BCUT2D eigenvalue weighted by atomic mass is 15.2. The molecule has 5 nitrogen and oxygen atoms in total. The summed E-state index contributed by atoms with van der Waals surface area (Å²) in [4.78, 5) is 12.6. The van der Waals surface area contributed by atoms with Crippen LogP contribution in [-0.2, 0) is 0 Å². The molecule has 19 heavy (non-hydrogen) atoms. The zero-order valence-electron chi connectivity index (χ0n) is 10.2. The largest absolute Gasteiger partial charge is 0.271 e. The Balaban J connectivity index is 2.17. The van der Waals surface area contributed by atoms with E-state index in [4.69, 9.17) is 5.84 Å². The van der Waals surface area contributed by atoms with E-state index >= 15 is 0 Å². The molecule has 0 aliphatic rings. The maximum atomic E-state index is 5.69. The zero-order chi connectivity index (χ0) is 13.1. The van der Waals surface area contributed by atoms with E-state index in [1.807, 2.05) is 30.5 Å². The summed E-state index contributed by atoms with van der Waals surface area (Å²) in [6.45, 7) is 0. The molecule has 0 bridgehead atoms. The van der Waals surface area contributed by atoms with Crippen LogP contribution in [0.5, 0.6) is 0 Å². The molecular weight excluding hydrogens is 238 g/mol. The van der Waals surface area contributed by atoms with Gasteiger partial charge in [-0.15, -0.1) is 0 Å². The highest BCUT2D eigenvalue weighted by Gasteiger charge is 2.16. The van der Waals surface area contributed by atoms with Crippen molar-refractivity contribution in [1.29, 1.82) is 0 Å². The summed E-state index contributed by atoms with van der Waals surface area (Å²) >= 11 is 0. The average molecular weight is 251 g/mol. The maximum Gasteiger partial charge on any atom is 0.0903 e. The van der Waals surface area contributed by atoms with E-state index in [0.717, 1.165) is 22.0 Å². The third-order valence-corrected chi connectivity index (χ3v) is 3.07. The first-order valence-corrected chi connectivity index (χ1v) is 5.95. The van der Waals surface area contributed by atoms with Crippen molar-refractivity contribution in [3.8, 4) is 0 Å². The van der Waals surface area contributed by atoms with Crippen LogP contribution in [0.15, 0.2) is 55.2 Å². The molecule has 1 aromatic carbocycles. The minimum atomic E-state index is -0.207. The molecule has 0 amide bonds. The summed E-state index contributed by atoms with van der Waals surface area (Å²) in [5, 5.41) is 2.18. The van der Waals surface area contributed by atoms with Crippen LogP contribution in [0.4, 0.5) is 0 Å². The summed E-state index contributed by atoms with van der Waals surface area (Å²) in [7, 11) is 0. The number of hydrogen-bond acceptors (Lipinski definition) is 5. The molecule has 3 N–H and O–H groups in total. The lowest BCUT2D eigenvalue weighted by atomic mass is 9.99. The first-order chi connectivity index (χ1) is 9.40. The SMILES string of the molecule is NNC(c1cnccn1)c1cccc2ccncc12. The van der Waals surface area contributed by atoms with Gasteiger partial charge in [0.25, 0.3) is 0 Å². The quantitative estimate of drug-likeness (QED) is 0.546. The molecule has 0 radical (unpaired) electrons. The molecule has 0 aliphatic carbocycles. The lowest BCUT2D eigenvalue weighted by molar-refractivity contribution is 0.621. The summed E-state index contributed by atoms with van der Waals surface area (Å²) < 4.78 is 0. The Morgan fingerprint density at radius 3 is 2.68 bits per heavy atom. The number of benzene rings is 1. The number of nitrogens with zero attached hydrogens (tertiary/aromatic N) is 3. The first-order valence-electron chi connectivity index (χ1n) is 5.95.